The monoisotopic (exact) mass is 734 g/mol. The summed E-state index contributed by atoms with van der Waals surface area (Å²) in [6, 6.07) is 14.5. The van der Waals surface area contributed by atoms with E-state index in [9.17, 15) is 28.8 Å². The molecule has 6 amide bonds. The molecule has 1 aliphatic heterocycles. The Labute approximate surface area is 312 Å². The molecule has 0 unspecified atom stereocenters. The average Bonchev–Trinajstić information content (AvgIpc) is 3.14. The first kappa shape index (κ1) is 42.6. The highest BCUT2D eigenvalue weighted by molar-refractivity contribution is 6.35. The summed E-state index contributed by atoms with van der Waals surface area (Å²) in [5, 5.41) is 14.1. The number of carbonyl (C=O) groups is 6. The second kappa shape index (κ2) is 22.3. The Kier molecular flexibility index (Phi) is 17.9. The van der Waals surface area contributed by atoms with Crippen LogP contribution in [0.1, 0.15) is 70.4 Å². The van der Waals surface area contributed by atoms with Crippen molar-refractivity contribution in [3.05, 3.63) is 71.8 Å². The maximum absolute atomic E-state index is 13.9. The van der Waals surface area contributed by atoms with Gasteiger partial charge in [-0.05, 0) is 75.5 Å². The second-order valence-electron chi connectivity index (χ2n) is 14.0. The minimum Gasteiger partial charge on any atom is -0.351 e. The van der Waals surface area contributed by atoms with Crippen molar-refractivity contribution in [2.75, 3.05) is 26.2 Å². The predicted octanol–water partition coefficient (Wildman–Crippen LogP) is 0.672. The van der Waals surface area contributed by atoms with Gasteiger partial charge in [-0.1, -0.05) is 74.5 Å². The van der Waals surface area contributed by atoms with Crippen molar-refractivity contribution in [1.29, 1.82) is 0 Å². The molecule has 290 valence electrons. The predicted molar refractivity (Wildman–Crippen MR) is 203 cm³/mol. The summed E-state index contributed by atoms with van der Waals surface area (Å²) in [4.78, 5) is 80.5. The molecule has 2 aromatic rings. The molecule has 53 heavy (non-hydrogen) atoms. The van der Waals surface area contributed by atoms with Gasteiger partial charge < -0.3 is 43.0 Å². The molecule has 0 radical (unpaired) electrons. The van der Waals surface area contributed by atoms with Crippen LogP contribution in [-0.4, -0.2) is 96.7 Å². The second-order valence-corrected chi connectivity index (χ2v) is 14.0. The Hall–Kier alpha value is -4.82. The summed E-state index contributed by atoms with van der Waals surface area (Å²) < 4.78 is 0. The number of nitrogens with one attached hydrogen (secondary N) is 5. The van der Waals surface area contributed by atoms with Crippen LogP contribution in [0.4, 0.5) is 0 Å². The summed E-state index contributed by atoms with van der Waals surface area (Å²) >= 11 is 0. The van der Waals surface area contributed by atoms with E-state index < -0.39 is 53.7 Å². The summed E-state index contributed by atoms with van der Waals surface area (Å²) in [5.74, 6) is -3.18. The smallest absolute Gasteiger partial charge is 0.311 e. The van der Waals surface area contributed by atoms with Gasteiger partial charge in [0.1, 0.15) is 18.1 Å². The summed E-state index contributed by atoms with van der Waals surface area (Å²) in [6.07, 6.45) is 3.22. The van der Waals surface area contributed by atoms with Crippen LogP contribution >= 0.6 is 0 Å². The molecule has 1 heterocycles. The van der Waals surface area contributed by atoms with Gasteiger partial charge in [0.15, 0.2) is 0 Å². The van der Waals surface area contributed by atoms with Gasteiger partial charge in [0.05, 0.1) is 6.04 Å². The van der Waals surface area contributed by atoms with Crippen molar-refractivity contribution >= 4 is 35.4 Å². The molecular formula is C39H58N8O6. The van der Waals surface area contributed by atoms with Gasteiger partial charge >= 0.3 is 11.8 Å². The number of amides is 6. The first-order chi connectivity index (χ1) is 25.4. The summed E-state index contributed by atoms with van der Waals surface area (Å²) in [6.45, 7) is 6.99. The van der Waals surface area contributed by atoms with Crippen LogP contribution < -0.4 is 38.1 Å². The zero-order valence-electron chi connectivity index (χ0n) is 31.3. The van der Waals surface area contributed by atoms with E-state index in [1.54, 1.807) is 6.92 Å². The minimum absolute atomic E-state index is 0.00401. The van der Waals surface area contributed by atoms with Crippen molar-refractivity contribution in [2.24, 2.45) is 17.4 Å². The fraction of sp³-hybridized carbons (Fsp3) is 0.538. The number of benzene rings is 2. The zero-order valence-corrected chi connectivity index (χ0v) is 31.3. The molecule has 1 saturated heterocycles. The van der Waals surface area contributed by atoms with Crippen molar-refractivity contribution in [3.63, 3.8) is 0 Å². The maximum Gasteiger partial charge on any atom is 0.311 e. The van der Waals surface area contributed by atoms with Crippen molar-refractivity contribution < 1.29 is 28.8 Å². The maximum atomic E-state index is 13.9. The molecule has 0 aliphatic carbocycles. The molecule has 0 spiro atoms. The normalized spacial score (nSPS) is 15.4. The van der Waals surface area contributed by atoms with Crippen LogP contribution in [0.3, 0.4) is 0 Å². The first-order valence-corrected chi connectivity index (χ1v) is 18.7. The molecule has 3 rings (SSSR count). The first-order valence-electron chi connectivity index (χ1n) is 18.7. The topological polar surface area (TPSA) is 218 Å². The Morgan fingerprint density at radius 1 is 0.736 bits per heavy atom. The number of hydrogen-bond donors (Lipinski definition) is 7. The Morgan fingerprint density at radius 2 is 1.28 bits per heavy atom. The fourth-order valence-corrected chi connectivity index (χ4v) is 6.22. The van der Waals surface area contributed by atoms with Gasteiger partial charge in [0.25, 0.3) is 0 Å². The Bertz CT molecular complexity index is 1480. The Balaban J connectivity index is 1.71. The standard InChI is InChI=1S/C39H58N8O6/c1-4-42-38(52)39(53)47-21-18-29(19-22-47)43-35(49)31(17-11-12-20-40)44-36(50)32(23-26(2)3)46-37(51)33(25-28-15-9-6-10-16-28)45-34(48)30(41)24-27-13-7-5-8-14-27/h5-10,13-16,26,29-33H,4,11-12,17-25,40-41H2,1-3H3,(H,42,52)(H,43,49)(H,44,50)(H,45,48)(H,46,51)/t30-,31-,32-,33-/m1/s1. The van der Waals surface area contributed by atoms with E-state index in [2.05, 4.69) is 26.6 Å². The molecule has 4 atom stereocenters. The van der Waals surface area contributed by atoms with E-state index in [4.69, 9.17) is 11.5 Å². The lowest BCUT2D eigenvalue weighted by molar-refractivity contribution is -0.146. The third kappa shape index (κ3) is 14.6. The van der Waals surface area contributed by atoms with E-state index in [-0.39, 0.29) is 37.1 Å². The van der Waals surface area contributed by atoms with Gasteiger partial charge in [-0.15, -0.1) is 0 Å². The van der Waals surface area contributed by atoms with Crippen LogP contribution in [0.15, 0.2) is 60.7 Å². The number of likely N-dealkylation sites (N-methyl/N-ethyl adjacent to an activating group) is 1. The largest absolute Gasteiger partial charge is 0.351 e. The van der Waals surface area contributed by atoms with E-state index in [1.807, 2.05) is 74.5 Å². The molecule has 0 saturated carbocycles. The van der Waals surface area contributed by atoms with Gasteiger partial charge in [0.2, 0.25) is 23.6 Å². The molecule has 9 N–H and O–H groups in total. The lowest BCUT2D eigenvalue weighted by Crippen LogP contribution is -2.59. The zero-order chi connectivity index (χ0) is 38.8. The quantitative estimate of drug-likeness (QED) is 0.0802. The highest BCUT2D eigenvalue weighted by atomic mass is 16.2. The molecule has 1 fully saturated rings. The molecular weight excluding hydrogens is 676 g/mol. The van der Waals surface area contributed by atoms with E-state index in [0.717, 1.165) is 11.1 Å². The average molecular weight is 735 g/mol. The van der Waals surface area contributed by atoms with Crippen molar-refractivity contribution in [3.8, 4) is 0 Å². The van der Waals surface area contributed by atoms with Crippen molar-refractivity contribution in [2.45, 2.75) is 102 Å². The van der Waals surface area contributed by atoms with Crippen LogP contribution in [-0.2, 0) is 41.6 Å². The molecule has 2 aromatic carbocycles. The van der Waals surface area contributed by atoms with E-state index in [1.165, 1.54) is 4.90 Å². The SMILES string of the molecule is CCNC(=O)C(=O)N1CCC(NC(=O)[C@@H](CCCCN)NC(=O)[C@@H](CC(C)C)NC(=O)[C@@H](Cc2ccccc2)NC(=O)[C@H](N)Cc2ccccc2)CC1. The van der Waals surface area contributed by atoms with Crippen LogP contribution in [0.25, 0.3) is 0 Å². The van der Waals surface area contributed by atoms with Gasteiger partial charge in [-0.2, -0.15) is 0 Å². The van der Waals surface area contributed by atoms with E-state index >= 15 is 0 Å². The third-order valence-electron chi connectivity index (χ3n) is 9.13. The van der Waals surface area contributed by atoms with E-state index in [0.29, 0.717) is 58.3 Å². The molecule has 1 aliphatic rings. The summed E-state index contributed by atoms with van der Waals surface area (Å²) in [7, 11) is 0. The minimum atomic E-state index is -1.02. The number of hydrogen-bond acceptors (Lipinski definition) is 8. The number of unbranched alkanes of at least 4 members (excludes halogenated alkanes) is 1. The molecule has 0 bridgehead atoms. The van der Waals surface area contributed by atoms with Crippen molar-refractivity contribution in [1.82, 2.24) is 31.5 Å². The van der Waals surface area contributed by atoms with Crippen LogP contribution in [0, 0.1) is 5.92 Å². The number of rotatable bonds is 19. The van der Waals surface area contributed by atoms with Crippen LogP contribution in [0.5, 0.6) is 0 Å². The number of nitrogens with two attached hydrogens (primary N) is 2. The van der Waals surface area contributed by atoms with Gasteiger partial charge in [0, 0.05) is 32.1 Å². The number of piperidine rings is 1. The third-order valence-corrected chi connectivity index (χ3v) is 9.13. The number of carbonyl (C=O) groups excluding carboxylic acids is 6. The van der Waals surface area contributed by atoms with Crippen LogP contribution in [0.2, 0.25) is 0 Å². The highest BCUT2D eigenvalue weighted by Gasteiger charge is 2.33. The van der Waals surface area contributed by atoms with Gasteiger partial charge in [-0.3, -0.25) is 28.8 Å². The Morgan fingerprint density at radius 3 is 1.85 bits per heavy atom. The summed E-state index contributed by atoms with van der Waals surface area (Å²) in [5.41, 5.74) is 13.7. The number of nitrogens with zero attached hydrogens (tertiary/aromatic N) is 1. The molecule has 0 aromatic heterocycles. The molecule has 14 nitrogen and oxygen atoms in total. The lowest BCUT2D eigenvalue weighted by atomic mass is 9.99. The van der Waals surface area contributed by atoms with Gasteiger partial charge in [-0.25, -0.2) is 0 Å². The lowest BCUT2D eigenvalue weighted by Gasteiger charge is -2.33. The fourth-order valence-electron chi connectivity index (χ4n) is 6.22. The number of likely N-dealkylation sites (tertiary alicyclic amines) is 1. The highest BCUT2D eigenvalue weighted by Crippen LogP contribution is 2.14. The molecule has 14 heteroatoms.